The fourth-order valence-corrected chi connectivity index (χ4v) is 3.92. The van der Waals surface area contributed by atoms with Crippen molar-refractivity contribution in [3.8, 4) is 0 Å². The van der Waals surface area contributed by atoms with Crippen molar-refractivity contribution >= 4 is 32.9 Å². The number of likely N-dealkylation sites (N-methyl/N-ethyl adjacent to an activating group) is 1. The van der Waals surface area contributed by atoms with Crippen molar-refractivity contribution in [1.82, 2.24) is 9.73 Å². The molecule has 144 valence electrons. The Bertz CT molecular complexity index is 1140. The number of carbonyl (C=O) groups is 1. The number of carbonyl (C=O) groups excluding carboxylic acids is 1. The highest BCUT2D eigenvalue weighted by molar-refractivity contribution is 7.89. The summed E-state index contributed by atoms with van der Waals surface area (Å²) < 4.78 is 26.5. The maximum atomic E-state index is 12.8. The molecule has 0 aromatic heterocycles. The molecule has 0 radical (unpaired) electrons. The monoisotopic (exact) mass is 395 g/mol. The molecule has 0 spiro atoms. The first-order valence-corrected chi connectivity index (χ1v) is 10.1. The molecule has 3 aromatic carbocycles. The highest BCUT2D eigenvalue weighted by Gasteiger charge is 2.23. The van der Waals surface area contributed by atoms with Crippen LogP contribution in [0.4, 0.5) is 0 Å². The summed E-state index contributed by atoms with van der Waals surface area (Å²) in [5.41, 5.74) is 4.28. The predicted molar refractivity (Wildman–Crippen MR) is 111 cm³/mol. The van der Waals surface area contributed by atoms with Gasteiger partial charge in [-0.05, 0) is 35.4 Å². The van der Waals surface area contributed by atoms with Crippen molar-refractivity contribution in [2.24, 2.45) is 5.10 Å². The Hall–Kier alpha value is -3.03. The molecule has 0 aliphatic rings. The first-order valence-electron chi connectivity index (χ1n) is 8.70. The van der Waals surface area contributed by atoms with Gasteiger partial charge in [-0.15, -0.1) is 0 Å². The lowest BCUT2D eigenvalue weighted by atomic mass is 10.1. The van der Waals surface area contributed by atoms with Crippen LogP contribution in [-0.2, 0) is 14.8 Å². The average molecular weight is 395 g/mol. The zero-order chi connectivity index (χ0) is 20.1. The third-order valence-electron chi connectivity index (χ3n) is 4.24. The summed E-state index contributed by atoms with van der Waals surface area (Å²) in [6.07, 6.45) is 1.52. The van der Waals surface area contributed by atoms with Gasteiger partial charge in [-0.25, -0.2) is 13.8 Å². The topological polar surface area (TPSA) is 78.8 Å². The Labute approximate surface area is 164 Å². The van der Waals surface area contributed by atoms with Gasteiger partial charge in [-0.2, -0.15) is 9.41 Å². The predicted octanol–water partition coefficient (Wildman–Crippen LogP) is 2.92. The average Bonchev–Trinajstić information content (AvgIpc) is 2.67. The molecule has 1 amide bonds. The van der Waals surface area contributed by atoms with Crippen molar-refractivity contribution in [2.45, 2.75) is 11.8 Å². The van der Waals surface area contributed by atoms with E-state index < -0.39 is 15.9 Å². The summed E-state index contributed by atoms with van der Waals surface area (Å²) >= 11 is 0. The molecular weight excluding hydrogens is 374 g/mol. The van der Waals surface area contributed by atoms with Crippen LogP contribution in [0.3, 0.4) is 0 Å². The summed E-state index contributed by atoms with van der Waals surface area (Å²) in [6.45, 7) is 1.63. The molecule has 0 saturated heterocycles. The highest BCUT2D eigenvalue weighted by Crippen LogP contribution is 2.21. The third kappa shape index (κ3) is 4.62. The Morgan fingerprint density at radius 2 is 1.79 bits per heavy atom. The van der Waals surface area contributed by atoms with E-state index in [0.717, 1.165) is 26.2 Å². The minimum atomic E-state index is -3.79. The van der Waals surface area contributed by atoms with E-state index in [9.17, 15) is 13.2 Å². The second-order valence-corrected chi connectivity index (χ2v) is 8.52. The van der Waals surface area contributed by atoms with Crippen LogP contribution < -0.4 is 5.43 Å². The Balaban J connectivity index is 1.66. The molecule has 0 heterocycles. The number of aryl methyl sites for hydroxylation is 1. The first kappa shape index (κ1) is 19.7. The fraction of sp³-hybridized carbons (Fsp3) is 0.143. The summed E-state index contributed by atoms with van der Waals surface area (Å²) in [4.78, 5) is 12.2. The number of hydrogen-bond donors (Lipinski definition) is 1. The van der Waals surface area contributed by atoms with E-state index in [2.05, 4.69) is 10.5 Å². The number of hydrogen-bond acceptors (Lipinski definition) is 4. The normalized spacial score (nSPS) is 12.0. The Morgan fingerprint density at radius 3 is 2.54 bits per heavy atom. The minimum Gasteiger partial charge on any atom is -0.272 e. The number of nitrogens with zero attached hydrogens (tertiary/aromatic N) is 2. The van der Waals surface area contributed by atoms with Crippen LogP contribution in [0.1, 0.15) is 11.1 Å². The van der Waals surface area contributed by atoms with Crippen molar-refractivity contribution in [3.63, 3.8) is 0 Å². The van der Waals surface area contributed by atoms with Crippen molar-refractivity contribution in [1.29, 1.82) is 0 Å². The quantitative estimate of drug-likeness (QED) is 0.515. The highest BCUT2D eigenvalue weighted by atomic mass is 32.2. The van der Waals surface area contributed by atoms with Gasteiger partial charge in [0.05, 0.1) is 17.7 Å². The van der Waals surface area contributed by atoms with Crippen LogP contribution in [0.5, 0.6) is 0 Å². The molecule has 0 aliphatic heterocycles. The van der Waals surface area contributed by atoms with Gasteiger partial charge < -0.3 is 0 Å². The Morgan fingerprint density at radius 1 is 1.04 bits per heavy atom. The zero-order valence-corrected chi connectivity index (χ0v) is 16.5. The molecule has 3 aromatic rings. The van der Waals surface area contributed by atoms with Crippen LogP contribution >= 0.6 is 0 Å². The molecule has 0 unspecified atom stereocenters. The number of rotatable bonds is 6. The second-order valence-electron chi connectivity index (χ2n) is 6.48. The summed E-state index contributed by atoms with van der Waals surface area (Å²) in [6, 6.07) is 20.0. The molecule has 28 heavy (non-hydrogen) atoms. The molecule has 6 nitrogen and oxygen atoms in total. The number of hydrazone groups is 1. The van der Waals surface area contributed by atoms with Gasteiger partial charge in [0.25, 0.3) is 5.91 Å². The molecule has 0 bridgehead atoms. The van der Waals surface area contributed by atoms with Crippen LogP contribution in [0.15, 0.2) is 76.7 Å². The number of nitrogens with one attached hydrogen (secondary N) is 1. The van der Waals surface area contributed by atoms with E-state index in [1.54, 1.807) is 18.2 Å². The van der Waals surface area contributed by atoms with Gasteiger partial charge in [0.1, 0.15) is 0 Å². The van der Waals surface area contributed by atoms with Gasteiger partial charge in [-0.3, -0.25) is 4.79 Å². The summed E-state index contributed by atoms with van der Waals surface area (Å²) in [5, 5.41) is 5.66. The molecule has 7 heteroatoms. The van der Waals surface area contributed by atoms with E-state index in [4.69, 9.17) is 0 Å². The first-order chi connectivity index (χ1) is 13.4. The summed E-state index contributed by atoms with van der Waals surface area (Å²) in [5.74, 6) is -0.518. The minimum absolute atomic E-state index is 0.143. The van der Waals surface area contributed by atoms with E-state index in [1.165, 1.54) is 13.3 Å². The molecule has 0 aliphatic carbocycles. The smallest absolute Gasteiger partial charge is 0.255 e. The van der Waals surface area contributed by atoms with Crippen LogP contribution in [0.25, 0.3) is 10.8 Å². The number of amides is 1. The van der Waals surface area contributed by atoms with Crippen molar-refractivity contribution in [3.05, 3.63) is 77.9 Å². The van der Waals surface area contributed by atoms with Crippen LogP contribution in [0, 0.1) is 6.92 Å². The van der Waals surface area contributed by atoms with Gasteiger partial charge in [0.2, 0.25) is 10.0 Å². The largest absolute Gasteiger partial charge is 0.272 e. The van der Waals surface area contributed by atoms with Crippen molar-refractivity contribution in [2.75, 3.05) is 13.6 Å². The molecule has 0 saturated carbocycles. The van der Waals surface area contributed by atoms with Crippen LogP contribution in [0.2, 0.25) is 0 Å². The second kappa shape index (κ2) is 8.33. The van der Waals surface area contributed by atoms with Gasteiger partial charge in [0, 0.05) is 7.05 Å². The molecular formula is C21H21N3O3S. The van der Waals surface area contributed by atoms with E-state index >= 15 is 0 Å². The lowest BCUT2D eigenvalue weighted by molar-refractivity contribution is -0.121. The maximum absolute atomic E-state index is 12.8. The molecule has 0 fully saturated rings. The van der Waals surface area contributed by atoms with E-state index in [0.29, 0.717) is 0 Å². The fourth-order valence-electron chi connectivity index (χ4n) is 2.76. The lowest BCUT2D eigenvalue weighted by Crippen LogP contribution is -2.36. The molecule has 3 rings (SSSR count). The number of fused-ring (bicyclic) bond motifs is 1. The number of sulfonamides is 1. The molecule has 1 N–H and O–H groups in total. The van der Waals surface area contributed by atoms with Crippen molar-refractivity contribution < 1.29 is 13.2 Å². The van der Waals surface area contributed by atoms with Gasteiger partial charge in [-0.1, -0.05) is 60.2 Å². The lowest BCUT2D eigenvalue weighted by Gasteiger charge is -2.16. The molecule has 0 atom stereocenters. The zero-order valence-electron chi connectivity index (χ0n) is 15.7. The summed E-state index contributed by atoms with van der Waals surface area (Å²) in [7, 11) is -2.42. The van der Waals surface area contributed by atoms with Gasteiger partial charge >= 0.3 is 0 Å². The third-order valence-corrected chi connectivity index (χ3v) is 6.04. The van der Waals surface area contributed by atoms with Gasteiger partial charge in [0.15, 0.2) is 0 Å². The maximum Gasteiger partial charge on any atom is 0.255 e. The van der Waals surface area contributed by atoms with E-state index in [-0.39, 0.29) is 11.4 Å². The standard InChI is InChI=1S/C21H21N3O3S/c1-16-6-5-7-17(12-16)14-22-23-21(25)15-24(2)28(26,27)20-11-10-18-8-3-4-9-19(18)13-20/h3-14H,15H2,1-2H3,(H,23,25). The Kier molecular flexibility index (Phi) is 5.87. The van der Waals surface area contributed by atoms with Crippen LogP contribution in [-0.4, -0.2) is 38.4 Å². The number of benzene rings is 3. The van der Waals surface area contributed by atoms with E-state index in [1.807, 2.05) is 55.5 Å². The SMILES string of the molecule is Cc1cccc(C=NNC(=O)CN(C)S(=O)(=O)c2ccc3ccccc3c2)c1.